The zero-order chi connectivity index (χ0) is 27.6. The van der Waals surface area contributed by atoms with Crippen molar-refractivity contribution < 1.29 is 13.2 Å². The Morgan fingerprint density at radius 1 is 0.974 bits per heavy atom. The van der Waals surface area contributed by atoms with E-state index >= 15 is 0 Å². The van der Waals surface area contributed by atoms with Gasteiger partial charge in [0.05, 0.1) is 22.6 Å². The van der Waals surface area contributed by atoms with Crippen LogP contribution in [0.2, 0.25) is 5.02 Å². The van der Waals surface area contributed by atoms with E-state index < -0.39 is 15.9 Å². The van der Waals surface area contributed by atoms with E-state index in [1.54, 1.807) is 41.0 Å². The summed E-state index contributed by atoms with van der Waals surface area (Å²) in [5.41, 5.74) is 11.2. The van der Waals surface area contributed by atoms with Crippen LogP contribution in [0.15, 0.2) is 82.5 Å². The summed E-state index contributed by atoms with van der Waals surface area (Å²) < 4.78 is 32.2. The topological polar surface area (TPSA) is 91.4 Å². The molecule has 0 aliphatic carbocycles. The van der Waals surface area contributed by atoms with Crippen molar-refractivity contribution in [1.29, 1.82) is 0 Å². The van der Waals surface area contributed by atoms with E-state index in [0.717, 1.165) is 22.4 Å². The number of rotatable bonds is 8. The van der Waals surface area contributed by atoms with Crippen LogP contribution in [0.1, 0.15) is 34.0 Å². The minimum Gasteiger partial charge on any atom is -0.495 e. The first-order chi connectivity index (χ1) is 18.0. The summed E-state index contributed by atoms with van der Waals surface area (Å²) in [7, 11) is -1.93. The molecular formula is C30H31ClN2O4S. The van der Waals surface area contributed by atoms with Gasteiger partial charge >= 0.3 is 0 Å². The third-order valence-corrected chi connectivity index (χ3v) is 8.51. The summed E-state index contributed by atoms with van der Waals surface area (Å²) in [6.07, 6.45) is 1.52. The van der Waals surface area contributed by atoms with Crippen LogP contribution in [0.5, 0.6) is 5.75 Å². The van der Waals surface area contributed by atoms with Gasteiger partial charge in [-0.3, -0.25) is 4.79 Å². The van der Waals surface area contributed by atoms with E-state index in [2.05, 4.69) is 0 Å². The molecule has 8 heteroatoms. The minimum atomic E-state index is -3.46. The van der Waals surface area contributed by atoms with Gasteiger partial charge in [0.25, 0.3) is 5.56 Å². The minimum absolute atomic E-state index is 0.221. The SMILES string of the molecule is COc1cccc(-c2c(C)c(Cc3ccccc3S(C)(=O)=O)c(C)n(CC(N)c3ccccc3)c2=O)c1Cl. The second kappa shape index (κ2) is 11.2. The van der Waals surface area contributed by atoms with Crippen molar-refractivity contribution in [3.63, 3.8) is 0 Å². The fourth-order valence-electron chi connectivity index (χ4n) is 4.90. The van der Waals surface area contributed by atoms with Gasteiger partial charge in [0, 0.05) is 36.5 Å². The first-order valence-electron chi connectivity index (χ1n) is 12.2. The molecule has 1 aromatic heterocycles. The highest BCUT2D eigenvalue weighted by Crippen LogP contribution is 2.37. The van der Waals surface area contributed by atoms with Crippen molar-refractivity contribution in [2.24, 2.45) is 5.73 Å². The summed E-state index contributed by atoms with van der Waals surface area (Å²) in [5.74, 6) is 0.458. The quantitative estimate of drug-likeness (QED) is 0.313. The van der Waals surface area contributed by atoms with Gasteiger partial charge < -0.3 is 15.0 Å². The number of hydrogen-bond donors (Lipinski definition) is 1. The molecule has 1 unspecified atom stereocenters. The van der Waals surface area contributed by atoms with Gasteiger partial charge in [-0.25, -0.2) is 8.42 Å². The Bertz CT molecular complexity index is 1650. The number of ether oxygens (including phenoxy) is 1. The lowest BCUT2D eigenvalue weighted by atomic mass is 9.92. The summed E-state index contributed by atoms with van der Waals surface area (Å²) >= 11 is 6.70. The lowest BCUT2D eigenvalue weighted by Crippen LogP contribution is -2.31. The standard InChI is InChI=1S/C30H31ClN2O4S/c1-19-24(17-22-13-8-9-16-27(22)38(4,35)36)20(2)33(18-25(32)21-11-6-5-7-12-21)30(34)28(19)23-14-10-15-26(37-3)29(23)31/h5-16,25H,17-18,32H2,1-4H3. The highest BCUT2D eigenvalue weighted by Gasteiger charge is 2.24. The van der Waals surface area contributed by atoms with Gasteiger partial charge in [-0.1, -0.05) is 72.3 Å². The van der Waals surface area contributed by atoms with Crippen LogP contribution >= 0.6 is 11.6 Å². The smallest absolute Gasteiger partial charge is 0.259 e. The predicted molar refractivity (Wildman–Crippen MR) is 153 cm³/mol. The second-order valence-electron chi connectivity index (χ2n) is 9.38. The maximum absolute atomic E-state index is 14.1. The van der Waals surface area contributed by atoms with Crippen LogP contribution in [-0.2, 0) is 22.8 Å². The van der Waals surface area contributed by atoms with E-state index in [1.807, 2.05) is 50.2 Å². The predicted octanol–water partition coefficient (Wildman–Crippen LogP) is 5.49. The van der Waals surface area contributed by atoms with E-state index in [9.17, 15) is 13.2 Å². The summed E-state index contributed by atoms with van der Waals surface area (Å²) in [4.78, 5) is 14.3. The molecule has 0 amide bonds. The van der Waals surface area contributed by atoms with Crippen molar-refractivity contribution in [3.8, 4) is 16.9 Å². The van der Waals surface area contributed by atoms with E-state index in [4.69, 9.17) is 22.1 Å². The van der Waals surface area contributed by atoms with Crippen LogP contribution in [0.25, 0.3) is 11.1 Å². The Labute approximate surface area is 228 Å². The highest BCUT2D eigenvalue weighted by molar-refractivity contribution is 7.90. The molecular weight excluding hydrogens is 520 g/mol. The van der Waals surface area contributed by atoms with Crippen LogP contribution in [-0.4, -0.2) is 26.4 Å². The van der Waals surface area contributed by atoms with E-state index in [1.165, 1.54) is 13.4 Å². The number of nitrogens with two attached hydrogens (primary N) is 1. The Morgan fingerprint density at radius 3 is 2.29 bits per heavy atom. The number of benzene rings is 3. The van der Waals surface area contributed by atoms with Crippen LogP contribution in [0, 0.1) is 13.8 Å². The number of aromatic nitrogens is 1. The zero-order valence-corrected chi connectivity index (χ0v) is 23.4. The molecule has 1 atom stereocenters. The number of hydrogen-bond acceptors (Lipinski definition) is 5. The summed E-state index contributed by atoms with van der Waals surface area (Å²) in [6.45, 7) is 3.99. The van der Waals surface area contributed by atoms with Crippen molar-refractivity contribution in [2.75, 3.05) is 13.4 Å². The average molecular weight is 551 g/mol. The fourth-order valence-corrected chi connectivity index (χ4v) is 6.14. The first-order valence-corrected chi connectivity index (χ1v) is 14.5. The molecule has 0 aliphatic heterocycles. The maximum atomic E-state index is 14.1. The lowest BCUT2D eigenvalue weighted by Gasteiger charge is -2.23. The second-order valence-corrected chi connectivity index (χ2v) is 11.7. The summed E-state index contributed by atoms with van der Waals surface area (Å²) in [6, 6.07) is 21.4. The van der Waals surface area contributed by atoms with Crippen LogP contribution in [0.3, 0.4) is 0 Å². The van der Waals surface area contributed by atoms with Crippen molar-refractivity contribution in [1.82, 2.24) is 4.57 Å². The molecule has 2 N–H and O–H groups in total. The molecule has 0 saturated heterocycles. The lowest BCUT2D eigenvalue weighted by molar-refractivity contribution is 0.415. The van der Waals surface area contributed by atoms with Crippen molar-refractivity contribution in [2.45, 2.75) is 37.8 Å². The molecule has 3 aromatic carbocycles. The fraction of sp³-hybridized carbons (Fsp3) is 0.233. The van der Waals surface area contributed by atoms with Crippen LogP contribution < -0.4 is 16.0 Å². The number of methoxy groups -OCH3 is 1. The normalized spacial score (nSPS) is 12.4. The molecule has 6 nitrogen and oxygen atoms in total. The Balaban J connectivity index is 1.98. The number of halogens is 1. The molecule has 0 saturated carbocycles. The number of sulfone groups is 1. The van der Waals surface area contributed by atoms with Crippen LogP contribution in [0.4, 0.5) is 0 Å². The Kier molecular flexibility index (Phi) is 8.11. The molecule has 0 aliphatic rings. The first kappa shape index (κ1) is 27.6. The molecule has 0 radical (unpaired) electrons. The third kappa shape index (κ3) is 5.41. The van der Waals surface area contributed by atoms with Gasteiger partial charge in [-0.05, 0) is 48.2 Å². The molecule has 0 bridgehead atoms. The summed E-state index contributed by atoms with van der Waals surface area (Å²) in [5, 5.41) is 0.334. The third-order valence-electron chi connectivity index (χ3n) is 6.93. The Morgan fingerprint density at radius 2 is 1.63 bits per heavy atom. The molecule has 4 rings (SSSR count). The largest absolute Gasteiger partial charge is 0.495 e. The number of pyridine rings is 1. The maximum Gasteiger partial charge on any atom is 0.259 e. The number of nitrogens with zero attached hydrogens (tertiary/aromatic N) is 1. The van der Waals surface area contributed by atoms with E-state index in [0.29, 0.717) is 33.9 Å². The molecule has 198 valence electrons. The Hall–Kier alpha value is -3.39. The van der Waals surface area contributed by atoms with Gasteiger partial charge in [0.15, 0.2) is 9.84 Å². The van der Waals surface area contributed by atoms with Gasteiger partial charge in [0.1, 0.15) is 5.75 Å². The van der Waals surface area contributed by atoms with Gasteiger partial charge in [0.2, 0.25) is 0 Å². The molecule has 0 fully saturated rings. The van der Waals surface area contributed by atoms with Crippen molar-refractivity contribution in [3.05, 3.63) is 116 Å². The zero-order valence-electron chi connectivity index (χ0n) is 21.9. The molecule has 4 aromatic rings. The molecule has 38 heavy (non-hydrogen) atoms. The molecule has 0 spiro atoms. The molecule has 1 heterocycles. The van der Waals surface area contributed by atoms with Gasteiger partial charge in [-0.15, -0.1) is 0 Å². The monoisotopic (exact) mass is 550 g/mol. The van der Waals surface area contributed by atoms with Crippen molar-refractivity contribution >= 4 is 21.4 Å². The average Bonchev–Trinajstić information content (AvgIpc) is 2.90. The van der Waals surface area contributed by atoms with Gasteiger partial charge in [-0.2, -0.15) is 0 Å². The highest BCUT2D eigenvalue weighted by atomic mass is 35.5. The van der Waals surface area contributed by atoms with E-state index in [-0.39, 0.29) is 17.0 Å².